The first-order valence-electron chi connectivity index (χ1n) is 10.3. The zero-order valence-corrected chi connectivity index (χ0v) is 18.8. The van der Waals surface area contributed by atoms with Gasteiger partial charge in [0.15, 0.2) is 0 Å². The minimum absolute atomic E-state index is 0.129. The van der Waals surface area contributed by atoms with E-state index < -0.39 is 14.0 Å². The van der Waals surface area contributed by atoms with Crippen molar-refractivity contribution < 1.29 is 14.3 Å². The van der Waals surface area contributed by atoms with Crippen molar-refractivity contribution >= 4 is 36.1 Å². The number of rotatable bonds is 9. The van der Waals surface area contributed by atoms with Gasteiger partial charge in [-0.15, -0.1) is 0 Å². The highest BCUT2D eigenvalue weighted by Crippen LogP contribution is 2.34. The molecule has 0 saturated heterocycles. The molecule has 0 fully saturated rings. The van der Waals surface area contributed by atoms with Crippen LogP contribution in [0.3, 0.4) is 0 Å². The van der Waals surface area contributed by atoms with E-state index in [9.17, 15) is 9.59 Å². The topological polar surface area (TPSA) is 43.4 Å². The van der Waals surface area contributed by atoms with Crippen LogP contribution < -0.4 is 15.9 Å². The molecule has 0 aliphatic rings. The van der Waals surface area contributed by atoms with Gasteiger partial charge in [0, 0.05) is 12.3 Å². The van der Waals surface area contributed by atoms with E-state index in [0.29, 0.717) is 12.0 Å². The van der Waals surface area contributed by atoms with Crippen LogP contribution in [-0.4, -0.2) is 18.4 Å². The van der Waals surface area contributed by atoms with E-state index in [1.54, 1.807) is 0 Å². The van der Waals surface area contributed by atoms with Crippen LogP contribution in [0.15, 0.2) is 97.1 Å². The zero-order valence-electron chi connectivity index (χ0n) is 17.9. The Kier molecular flexibility index (Phi) is 7.92. The van der Waals surface area contributed by atoms with E-state index >= 15 is 0 Å². The Labute approximate surface area is 185 Å². The van der Waals surface area contributed by atoms with Crippen molar-refractivity contribution in [2.45, 2.75) is 26.4 Å². The van der Waals surface area contributed by atoms with Gasteiger partial charge in [-0.05, 0) is 42.4 Å². The van der Waals surface area contributed by atoms with E-state index in [2.05, 4.69) is 30.8 Å². The molecule has 0 N–H and O–H groups in total. The smallest absolute Gasteiger partial charge is 0.339 e. The fourth-order valence-corrected chi connectivity index (χ4v) is 6.02. The second-order valence-corrected chi connectivity index (χ2v) is 9.76. The van der Waals surface area contributed by atoms with Crippen molar-refractivity contribution in [1.82, 2.24) is 0 Å². The summed E-state index contributed by atoms with van der Waals surface area (Å²) in [4.78, 5) is 24.3. The molecule has 0 aliphatic carbocycles. The highest BCUT2D eigenvalue weighted by atomic mass is 31.1. The van der Waals surface area contributed by atoms with E-state index in [-0.39, 0.29) is 11.9 Å². The number of carbonyl (C=O) groups is 2. The number of hydrogen-bond acceptors (Lipinski definition) is 3. The zero-order chi connectivity index (χ0) is 22.2. The van der Waals surface area contributed by atoms with Gasteiger partial charge < -0.3 is 9.53 Å². The van der Waals surface area contributed by atoms with Gasteiger partial charge in [0.05, 0.1) is 5.56 Å². The minimum atomic E-state index is -0.941. The summed E-state index contributed by atoms with van der Waals surface area (Å²) in [5.74, 6) is -0.517. The van der Waals surface area contributed by atoms with Gasteiger partial charge in [-0.25, -0.2) is 4.79 Å². The molecule has 31 heavy (non-hydrogen) atoms. The molecule has 0 unspecified atom stereocenters. The second-order valence-electron chi connectivity index (χ2n) is 7.58. The van der Waals surface area contributed by atoms with Crippen molar-refractivity contribution in [2.75, 3.05) is 0 Å². The van der Waals surface area contributed by atoms with Crippen LogP contribution in [0.2, 0.25) is 0 Å². The Morgan fingerprint density at radius 2 is 1.45 bits per heavy atom. The van der Waals surface area contributed by atoms with Crippen LogP contribution in [-0.2, 0) is 9.53 Å². The molecule has 3 rings (SSSR count). The molecule has 3 aromatic carbocycles. The fraction of sp³-hybridized carbons (Fsp3) is 0.185. The average Bonchev–Trinajstić information content (AvgIpc) is 2.79. The highest BCUT2D eigenvalue weighted by Gasteiger charge is 2.27. The van der Waals surface area contributed by atoms with Crippen molar-refractivity contribution in [1.29, 1.82) is 0 Å². The maximum atomic E-state index is 13.3. The first-order chi connectivity index (χ1) is 15.0. The first-order valence-corrected chi connectivity index (χ1v) is 11.7. The third-order valence-electron chi connectivity index (χ3n) is 5.10. The Morgan fingerprint density at radius 1 is 0.935 bits per heavy atom. The third kappa shape index (κ3) is 5.57. The molecule has 158 valence electrons. The molecule has 2 atom stereocenters. The van der Waals surface area contributed by atoms with Gasteiger partial charge in [-0.1, -0.05) is 92.4 Å². The summed E-state index contributed by atoms with van der Waals surface area (Å²) in [5, 5.41) is 3.27. The monoisotopic (exact) mass is 430 g/mol. The second kappa shape index (κ2) is 10.8. The first kappa shape index (κ1) is 22.7. The van der Waals surface area contributed by atoms with Crippen LogP contribution in [0, 0.1) is 5.92 Å². The van der Waals surface area contributed by atoms with Gasteiger partial charge in [0.1, 0.15) is 12.4 Å². The lowest BCUT2D eigenvalue weighted by molar-refractivity contribution is -0.109. The molecule has 3 nitrogen and oxygen atoms in total. The van der Waals surface area contributed by atoms with Crippen LogP contribution in [0.4, 0.5) is 0 Å². The number of carbonyl (C=O) groups excluding carboxylic acids is 2. The van der Waals surface area contributed by atoms with Crippen LogP contribution in [0.5, 0.6) is 0 Å². The number of hydrogen-bond donors (Lipinski definition) is 0. The predicted molar refractivity (Wildman–Crippen MR) is 129 cm³/mol. The average molecular weight is 430 g/mol. The number of benzene rings is 3. The Hall–Kier alpha value is -3.03. The summed E-state index contributed by atoms with van der Waals surface area (Å²) in [6, 6.07) is 28.1. The summed E-state index contributed by atoms with van der Waals surface area (Å²) in [6.07, 6.45) is 0.657. The van der Waals surface area contributed by atoms with E-state index in [1.807, 2.05) is 74.5 Å². The predicted octanol–water partition coefficient (Wildman–Crippen LogP) is 4.77. The largest absolute Gasteiger partial charge is 0.454 e. The van der Waals surface area contributed by atoms with Crippen LogP contribution in [0.1, 0.15) is 30.6 Å². The molecular weight excluding hydrogens is 403 g/mol. The molecule has 0 aliphatic heterocycles. The maximum absolute atomic E-state index is 13.3. The molecule has 0 saturated carbocycles. The van der Waals surface area contributed by atoms with Crippen molar-refractivity contribution in [3.05, 3.63) is 103 Å². The summed E-state index contributed by atoms with van der Waals surface area (Å²) in [7, 11) is -0.941. The number of aldehydes is 1. The molecule has 0 heterocycles. The van der Waals surface area contributed by atoms with Gasteiger partial charge in [0.2, 0.25) is 0 Å². The molecular formula is C27H27O3P. The van der Waals surface area contributed by atoms with E-state index in [4.69, 9.17) is 4.74 Å². The van der Waals surface area contributed by atoms with Crippen LogP contribution in [0.25, 0.3) is 0 Å². The SMILES string of the molecule is C=C(C)[C@@H](OC(=O)c1ccccc1P(c1ccccc1)c1ccccc1)[C@H](C)CC=O. The van der Waals surface area contributed by atoms with Crippen LogP contribution >= 0.6 is 7.92 Å². The molecule has 0 amide bonds. The van der Waals surface area contributed by atoms with Gasteiger partial charge in [-0.3, -0.25) is 0 Å². The molecule has 4 heteroatoms. The normalized spacial score (nSPS) is 12.7. The fourth-order valence-electron chi connectivity index (χ4n) is 3.58. The molecule has 0 bridgehead atoms. The number of ether oxygens (including phenoxy) is 1. The summed E-state index contributed by atoms with van der Waals surface area (Å²) in [5.41, 5.74) is 1.28. The minimum Gasteiger partial charge on any atom is -0.454 e. The highest BCUT2D eigenvalue weighted by molar-refractivity contribution is 7.80. The maximum Gasteiger partial charge on any atom is 0.339 e. The summed E-state index contributed by atoms with van der Waals surface area (Å²) >= 11 is 0. The van der Waals surface area contributed by atoms with Gasteiger partial charge in [-0.2, -0.15) is 0 Å². The van der Waals surface area contributed by atoms with Crippen molar-refractivity contribution in [2.24, 2.45) is 5.92 Å². The van der Waals surface area contributed by atoms with Gasteiger partial charge in [0.25, 0.3) is 0 Å². The quantitative estimate of drug-likeness (QED) is 0.213. The third-order valence-corrected chi connectivity index (χ3v) is 7.60. The van der Waals surface area contributed by atoms with Gasteiger partial charge >= 0.3 is 5.97 Å². The number of esters is 1. The van der Waals surface area contributed by atoms with E-state index in [0.717, 1.165) is 27.8 Å². The Balaban J connectivity index is 2.03. The lowest BCUT2D eigenvalue weighted by Crippen LogP contribution is -2.30. The molecule has 0 aromatic heterocycles. The molecule has 0 spiro atoms. The van der Waals surface area contributed by atoms with Crippen molar-refractivity contribution in [3.8, 4) is 0 Å². The molecule has 0 radical (unpaired) electrons. The van der Waals surface area contributed by atoms with E-state index in [1.165, 1.54) is 0 Å². The Bertz CT molecular complexity index is 991. The lowest BCUT2D eigenvalue weighted by Gasteiger charge is -2.25. The van der Waals surface area contributed by atoms with Crippen molar-refractivity contribution in [3.63, 3.8) is 0 Å². The summed E-state index contributed by atoms with van der Waals surface area (Å²) < 4.78 is 5.89. The standard InChI is InChI=1S/C27H27O3P/c1-20(2)26(21(3)18-19-28)30-27(29)24-16-10-11-17-25(24)31(22-12-6-4-7-13-22)23-14-8-5-9-15-23/h4-17,19,21,26H,1,18H2,2-3H3/t21-,26-/m1/s1. The summed E-state index contributed by atoms with van der Waals surface area (Å²) in [6.45, 7) is 7.69. The Morgan fingerprint density at radius 3 is 1.97 bits per heavy atom. The molecule has 3 aromatic rings. The lowest BCUT2D eigenvalue weighted by atomic mass is 9.96.